The lowest BCUT2D eigenvalue weighted by Crippen LogP contribution is -2.36. The molecular formula is C18H16ClN3O4. The number of nitro benzene ring substituents is 1. The van der Waals surface area contributed by atoms with Gasteiger partial charge in [-0.2, -0.15) is 0 Å². The van der Waals surface area contributed by atoms with Crippen LogP contribution in [0.2, 0.25) is 5.02 Å². The van der Waals surface area contributed by atoms with Crippen LogP contribution in [0, 0.1) is 16.0 Å². The van der Waals surface area contributed by atoms with Crippen molar-refractivity contribution in [1.29, 1.82) is 0 Å². The van der Waals surface area contributed by atoms with Crippen molar-refractivity contribution in [2.45, 2.75) is 13.0 Å². The number of halogens is 1. The molecule has 26 heavy (non-hydrogen) atoms. The molecule has 1 atom stereocenters. The third-order valence-corrected chi connectivity index (χ3v) is 4.55. The molecule has 3 rings (SSSR count). The maximum absolute atomic E-state index is 12.5. The number of nitrogens with zero attached hydrogens (tertiary/aromatic N) is 2. The normalized spacial score (nSPS) is 16.6. The Hall–Kier alpha value is -2.93. The molecule has 1 heterocycles. The summed E-state index contributed by atoms with van der Waals surface area (Å²) in [5.41, 5.74) is 1.02. The van der Waals surface area contributed by atoms with Gasteiger partial charge >= 0.3 is 0 Å². The van der Waals surface area contributed by atoms with Crippen molar-refractivity contribution in [1.82, 2.24) is 5.32 Å². The minimum absolute atomic E-state index is 0.000706. The Bertz CT molecular complexity index is 854. The summed E-state index contributed by atoms with van der Waals surface area (Å²) >= 11 is 5.85. The lowest BCUT2D eigenvalue weighted by atomic mass is 10.1. The first kappa shape index (κ1) is 17.9. The molecule has 0 aliphatic carbocycles. The Kier molecular flexibility index (Phi) is 5.18. The van der Waals surface area contributed by atoms with Crippen LogP contribution < -0.4 is 10.2 Å². The highest BCUT2D eigenvalue weighted by Gasteiger charge is 2.37. The van der Waals surface area contributed by atoms with Crippen molar-refractivity contribution in [3.63, 3.8) is 0 Å². The fourth-order valence-electron chi connectivity index (χ4n) is 2.94. The predicted octanol–water partition coefficient (Wildman–Crippen LogP) is 2.92. The Balaban J connectivity index is 1.65. The van der Waals surface area contributed by atoms with Crippen LogP contribution in [-0.4, -0.2) is 23.3 Å². The van der Waals surface area contributed by atoms with Gasteiger partial charge in [0, 0.05) is 35.4 Å². The molecule has 1 aliphatic rings. The number of hydrogen-bond donors (Lipinski definition) is 1. The van der Waals surface area contributed by atoms with Crippen LogP contribution in [0.15, 0.2) is 48.5 Å². The summed E-state index contributed by atoms with van der Waals surface area (Å²) in [6, 6.07) is 13.0. The third-order valence-electron chi connectivity index (χ3n) is 4.30. The van der Waals surface area contributed by atoms with Crippen LogP contribution in [0.3, 0.4) is 0 Å². The second-order valence-corrected chi connectivity index (χ2v) is 6.35. The number of amides is 2. The van der Waals surface area contributed by atoms with Crippen molar-refractivity contribution in [3.05, 3.63) is 69.2 Å². The second kappa shape index (κ2) is 7.53. The molecular weight excluding hydrogens is 358 g/mol. The minimum Gasteiger partial charge on any atom is -0.351 e. The summed E-state index contributed by atoms with van der Waals surface area (Å²) in [5, 5.41) is 14.2. The zero-order valence-electron chi connectivity index (χ0n) is 13.7. The molecule has 1 fully saturated rings. The molecule has 1 N–H and O–H groups in total. The largest absolute Gasteiger partial charge is 0.351 e. The quantitative estimate of drug-likeness (QED) is 0.495. The zero-order chi connectivity index (χ0) is 18.7. The summed E-state index contributed by atoms with van der Waals surface area (Å²) in [5.74, 6) is -1.51. The topological polar surface area (TPSA) is 92.5 Å². The summed E-state index contributed by atoms with van der Waals surface area (Å²) in [7, 11) is 0. The van der Waals surface area contributed by atoms with E-state index in [4.69, 9.17) is 11.6 Å². The zero-order valence-corrected chi connectivity index (χ0v) is 14.5. The molecule has 0 aromatic heterocycles. The molecule has 2 aromatic rings. The lowest BCUT2D eigenvalue weighted by molar-refractivity contribution is -0.385. The van der Waals surface area contributed by atoms with Crippen LogP contribution in [0.4, 0.5) is 11.4 Å². The van der Waals surface area contributed by atoms with Crippen LogP contribution in [0.25, 0.3) is 0 Å². The van der Waals surface area contributed by atoms with E-state index in [2.05, 4.69) is 5.32 Å². The van der Waals surface area contributed by atoms with Gasteiger partial charge in [0.1, 0.15) is 5.92 Å². The molecule has 1 aliphatic heterocycles. The first-order valence-corrected chi connectivity index (χ1v) is 8.42. The first-order chi connectivity index (χ1) is 12.5. The van der Waals surface area contributed by atoms with Crippen molar-refractivity contribution >= 4 is 34.8 Å². The van der Waals surface area contributed by atoms with E-state index < -0.39 is 16.7 Å². The monoisotopic (exact) mass is 373 g/mol. The molecule has 2 aromatic carbocycles. The van der Waals surface area contributed by atoms with E-state index in [-0.39, 0.29) is 18.1 Å². The minimum atomic E-state index is -0.798. The molecule has 0 radical (unpaired) electrons. The van der Waals surface area contributed by atoms with E-state index in [0.29, 0.717) is 29.2 Å². The Labute approximate surface area is 154 Å². The van der Waals surface area contributed by atoms with Gasteiger partial charge in [0.15, 0.2) is 0 Å². The van der Waals surface area contributed by atoms with E-state index >= 15 is 0 Å². The molecule has 7 nitrogen and oxygen atoms in total. The van der Waals surface area contributed by atoms with E-state index in [1.165, 1.54) is 6.07 Å². The SMILES string of the molecule is O=C(NCc1ccccc1[N+](=O)[O-])C1CCN(c2ccc(Cl)cc2)C1=O. The number of rotatable bonds is 5. The second-order valence-electron chi connectivity index (χ2n) is 5.91. The van der Waals surface area contributed by atoms with Crippen LogP contribution in [0.1, 0.15) is 12.0 Å². The summed E-state index contributed by atoms with van der Waals surface area (Å²) < 4.78 is 0. The number of anilines is 1. The Morgan fingerprint density at radius 2 is 1.92 bits per heavy atom. The number of para-hydroxylation sites is 1. The summed E-state index contributed by atoms with van der Waals surface area (Å²) in [4.78, 5) is 37.0. The van der Waals surface area contributed by atoms with Gasteiger partial charge in [0.2, 0.25) is 11.8 Å². The van der Waals surface area contributed by atoms with Crippen molar-refractivity contribution in [3.8, 4) is 0 Å². The number of nitro groups is 1. The van der Waals surface area contributed by atoms with E-state index in [0.717, 1.165) is 0 Å². The molecule has 0 spiro atoms. The van der Waals surface area contributed by atoms with Crippen LogP contribution in [-0.2, 0) is 16.1 Å². The van der Waals surface area contributed by atoms with Crippen LogP contribution in [0.5, 0.6) is 0 Å². The number of nitrogens with one attached hydrogen (secondary N) is 1. The van der Waals surface area contributed by atoms with Crippen LogP contribution >= 0.6 is 11.6 Å². The Morgan fingerprint density at radius 3 is 2.62 bits per heavy atom. The average Bonchev–Trinajstić information content (AvgIpc) is 3.02. The van der Waals surface area contributed by atoms with Gasteiger partial charge in [-0.1, -0.05) is 29.8 Å². The standard InChI is InChI=1S/C18H16ClN3O4/c19-13-5-7-14(8-6-13)21-10-9-15(18(21)24)17(23)20-11-12-3-1-2-4-16(12)22(25)26/h1-8,15H,9-11H2,(H,20,23). The van der Waals surface area contributed by atoms with Crippen molar-refractivity contribution < 1.29 is 14.5 Å². The summed E-state index contributed by atoms with van der Waals surface area (Å²) in [6.07, 6.45) is 0.393. The van der Waals surface area contributed by atoms with Crippen molar-refractivity contribution in [2.24, 2.45) is 5.92 Å². The fraction of sp³-hybridized carbons (Fsp3) is 0.222. The molecule has 0 bridgehead atoms. The van der Waals surface area contributed by atoms with E-state index in [9.17, 15) is 19.7 Å². The molecule has 134 valence electrons. The maximum Gasteiger partial charge on any atom is 0.274 e. The number of hydrogen-bond acceptors (Lipinski definition) is 4. The fourth-order valence-corrected chi connectivity index (χ4v) is 3.07. The number of carbonyl (C=O) groups excluding carboxylic acids is 2. The van der Waals surface area contributed by atoms with E-state index in [1.54, 1.807) is 47.4 Å². The molecule has 1 saturated heterocycles. The van der Waals surface area contributed by atoms with Gasteiger partial charge in [0.05, 0.1) is 4.92 Å². The highest BCUT2D eigenvalue weighted by Crippen LogP contribution is 2.27. The van der Waals surface area contributed by atoms with Gasteiger partial charge in [-0.15, -0.1) is 0 Å². The predicted molar refractivity (Wildman–Crippen MR) is 96.9 cm³/mol. The third kappa shape index (κ3) is 3.67. The van der Waals surface area contributed by atoms with Gasteiger partial charge in [-0.25, -0.2) is 0 Å². The van der Waals surface area contributed by atoms with E-state index in [1.807, 2.05) is 0 Å². The van der Waals surface area contributed by atoms with Gasteiger partial charge in [-0.05, 0) is 30.7 Å². The van der Waals surface area contributed by atoms with Gasteiger partial charge < -0.3 is 10.2 Å². The lowest BCUT2D eigenvalue weighted by Gasteiger charge is -2.16. The van der Waals surface area contributed by atoms with Gasteiger partial charge in [-0.3, -0.25) is 19.7 Å². The smallest absolute Gasteiger partial charge is 0.274 e. The first-order valence-electron chi connectivity index (χ1n) is 8.04. The van der Waals surface area contributed by atoms with Gasteiger partial charge in [0.25, 0.3) is 5.69 Å². The van der Waals surface area contributed by atoms with Crippen molar-refractivity contribution in [2.75, 3.05) is 11.4 Å². The summed E-state index contributed by atoms with van der Waals surface area (Å²) in [6.45, 7) is 0.435. The number of benzene rings is 2. The highest BCUT2D eigenvalue weighted by atomic mass is 35.5. The molecule has 1 unspecified atom stereocenters. The Morgan fingerprint density at radius 1 is 1.23 bits per heavy atom. The molecule has 8 heteroatoms. The maximum atomic E-state index is 12.5. The number of carbonyl (C=O) groups is 2. The highest BCUT2D eigenvalue weighted by molar-refractivity contribution is 6.30. The molecule has 2 amide bonds. The average molecular weight is 374 g/mol. The molecule has 0 saturated carbocycles.